The third kappa shape index (κ3) is 2.42. The van der Waals surface area contributed by atoms with Crippen LogP contribution in [0, 0.1) is 0 Å². The van der Waals surface area contributed by atoms with Crippen LogP contribution in [0.25, 0.3) is 0 Å². The number of amidine groups is 1. The monoisotopic (exact) mass is 247 g/mol. The van der Waals surface area contributed by atoms with Gasteiger partial charge in [-0.2, -0.15) is 0 Å². The highest BCUT2D eigenvalue weighted by molar-refractivity contribution is 6.02. The number of anilines is 1. The number of oxime groups is 1. The van der Waals surface area contributed by atoms with Gasteiger partial charge in [0.2, 0.25) is 0 Å². The van der Waals surface area contributed by atoms with Gasteiger partial charge in [0.05, 0.1) is 0 Å². The largest absolute Gasteiger partial charge is 0.409 e. The number of hydrogen-bond acceptors (Lipinski definition) is 3. The Hall–Kier alpha value is -1.71. The molecule has 3 N–H and O–H groups in total. The molecule has 4 heteroatoms. The number of nitrogens with two attached hydrogens (primary N) is 1. The first-order valence-corrected chi connectivity index (χ1v) is 6.61. The molecule has 0 aliphatic carbocycles. The van der Waals surface area contributed by atoms with Crippen LogP contribution >= 0.6 is 0 Å². The van der Waals surface area contributed by atoms with Crippen molar-refractivity contribution in [1.29, 1.82) is 0 Å². The molecule has 0 spiro atoms. The summed E-state index contributed by atoms with van der Waals surface area (Å²) in [6.45, 7) is 3.27. The molecule has 2 rings (SSSR count). The molecule has 0 saturated carbocycles. The van der Waals surface area contributed by atoms with E-state index in [9.17, 15) is 0 Å². The molecule has 4 nitrogen and oxygen atoms in total. The predicted molar refractivity (Wildman–Crippen MR) is 74.2 cm³/mol. The maximum atomic E-state index is 8.88. The molecular weight excluding hydrogens is 226 g/mol. The quantitative estimate of drug-likeness (QED) is 0.373. The molecule has 1 aliphatic heterocycles. The van der Waals surface area contributed by atoms with Crippen LogP contribution in [0.1, 0.15) is 38.2 Å². The second-order valence-corrected chi connectivity index (χ2v) is 4.75. The molecular formula is C14H21N3O. The van der Waals surface area contributed by atoms with E-state index in [1.807, 2.05) is 18.2 Å². The summed E-state index contributed by atoms with van der Waals surface area (Å²) in [4.78, 5) is 2.40. The van der Waals surface area contributed by atoms with Gasteiger partial charge in [0.25, 0.3) is 0 Å². The third-order valence-corrected chi connectivity index (χ3v) is 3.70. The molecule has 0 amide bonds. The second-order valence-electron chi connectivity index (χ2n) is 4.75. The van der Waals surface area contributed by atoms with Crippen molar-refractivity contribution in [3.05, 3.63) is 29.8 Å². The molecule has 1 heterocycles. The first-order valence-electron chi connectivity index (χ1n) is 6.61. The lowest BCUT2D eigenvalue weighted by atomic mass is 9.98. The highest BCUT2D eigenvalue weighted by Crippen LogP contribution is 2.29. The van der Waals surface area contributed by atoms with Gasteiger partial charge in [-0.05, 0) is 37.8 Å². The minimum absolute atomic E-state index is 0.186. The first kappa shape index (κ1) is 12.7. The fourth-order valence-electron chi connectivity index (χ4n) is 2.74. The highest BCUT2D eigenvalue weighted by atomic mass is 16.4. The Kier molecular flexibility index (Phi) is 4.07. The standard InChI is InChI=1S/C14H21N3O/c1-2-11-7-5-6-10-17(11)13-9-4-3-8-12(13)14(15)16-18/h3-4,8-9,11,18H,2,5-7,10H2,1H3,(H2,15,16)/t11-/m0/s1. The van der Waals surface area contributed by atoms with E-state index in [1.54, 1.807) is 0 Å². The Morgan fingerprint density at radius 3 is 2.94 bits per heavy atom. The van der Waals surface area contributed by atoms with Crippen molar-refractivity contribution in [2.24, 2.45) is 10.9 Å². The molecule has 0 radical (unpaired) electrons. The molecule has 1 fully saturated rings. The fraction of sp³-hybridized carbons (Fsp3) is 0.500. The van der Waals surface area contributed by atoms with Crippen LogP contribution < -0.4 is 10.6 Å². The predicted octanol–water partition coefficient (Wildman–Crippen LogP) is 2.55. The zero-order valence-electron chi connectivity index (χ0n) is 10.8. The van der Waals surface area contributed by atoms with E-state index >= 15 is 0 Å². The van der Waals surface area contributed by atoms with Gasteiger partial charge in [0.15, 0.2) is 5.84 Å². The summed E-state index contributed by atoms with van der Waals surface area (Å²) < 4.78 is 0. The van der Waals surface area contributed by atoms with Gasteiger partial charge < -0.3 is 15.8 Å². The van der Waals surface area contributed by atoms with Gasteiger partial charge in [0.1, 0.15) is 0 Å². The Morgan fingerprint density at radius 1 is 1.44 bits per heavy atom. The Labute approximate surface area is 108 Å². The number of nitrogens with zero attached hydrogens (tertiary/aromatic N) is 2. The van der Waals surface area contributed by atoms with Crippen molar-refractivity contribution in [2.45, 2.75) is 38.6 Å². The Bertz CT molecular complexity index is 431. The molecule has 0 unspecified atom stereocenters. The normalized spacial score (nSPS) is 21.1. The fourth-order valence-corrected chi connectivity index (χ4v) is 2.74. The van der Waals surface area contributed by atoms with Crippen molar-refractivity contribution in [1.82, 2.24) is 0 Å². The van der Waals surface area contributed by atoms with Gasteiger partial charge in [-0.3, -0.25) is 0 Å². The third-order valence-electron chi connectivity index (χ3n) is 3.70. The maximum absolute atomic E-state index is 8.88. The number of benzene rings is 1. The van der Waals surface area contributed by atoms with E-state index < -0.39 is 0 Å². The van der Waals surface area contributed by atoms with Crippen LogP contribution in [-0.2, 0) is 0 Å². The summed E-state index contributed by atoms with van der Waals surface area (Å²) in [5.74, 6) is 0.186. The van der Waals surface area contributed by atoms with Crippen LogP contribution in [-0.4, -0.2) is 23.6 Å². The summed E-state index contributed by atoms with van der Waals surface area (Å²) in [6.07, 6.45) is 4.85. The zero-order chi connectivity index (χ0) is 13.0. The Morgan fingerprint density at radius 2 is 2.22 bits per heavy atom. The van der Waals surface area contributed by atoms with Crippen LogP contribution in [0.15, 0.2) is 29.4 Å². The summed E-state index contributed by atoms with van der Waals surface area (Å²) >= 11 is 0. The van der Waals surface area contributed by atoms with Crippen LogP contribution in [0.5, 0.6) is 0 Å². The smallest absolute Gasteiger partial charge is 0.172 e. The molecule has 18 heavy (non-hydrogen) atoms. The summed E-state index contributed by atoms with van der Waals surface area (Å²) in [6, 6.07) is 8.45. The molecule has 1 aromatic rings. The number of hydrogen-bond donors (Lipinski definition) is 2. The summed E-state index contributed by atoms with van der Waals surface area (Å²) in [5.41, 5.74) is 7.66. The average Bonchev–Trinajstić information content (AvgIpc) is 2.46. The second kappa shape index (κ2) is 5.76. The van der Waals surface area contributed by atoms with E-state index in [0.717, 1.165) is 24.2 Å². The van der Waals surface area contributed by atoms with Crippen LogP contribution in [0.2, 0.25) is 0 Å². The van der Waals surface area contributed by atoms with Gasteiger partial charge in [0, 0.05) is 23.8 Å². The Balaban J connectivity index is 2.37. The first-order chi connectivity index (χ1) is 8.77. The van der Waals surface area contributed by atoms with E-state index in [-0.39, 0.29) is 5.84 Å². The minimum Gasteiger partial charge on any atom is -0.409 e. The average molecular weight is 247 g/mol. The lowest BCUT2D eigenvalue weighted by molar-refractivity contribution is 0.318. The van der Waals surface area contributed by atoms with Crippen molar-refractivity contribution >= 4 is 11.5 Å². The molecule has 1 atom stereocenters. The van der Waals surface area contributed by atoms with Gasteiger partial charge in [-0.15, -0.1) is 0 Å². The summed E-state index contributed by atoms with van der Waals surface area (Å²) in [5, 5.41) is 12.0. The van der Waals surface area contributed by atoms with Crippen molar-refractivity contribution in [3.8, 4) is 0 Å². The lowest BCUT2D eigenvalue weighted by Crippen LogP contribution is -2.40. The number of rotatable bonds is 3. The maximum Gasteiger partial charge on any atom is 0.172 e. The van der Waals surface area contributed by atoms with Crippen molar-refractivity contribution in [3.63, 3.8) is 0 Å². The summed E-state index contributed by atoms with van der Waals surface area (Å²) in [7, 11) is 0. The zero-order valence-corrected chi connectivity index (χ0v) is 10.8. The van der Waals surface area contributed by atoms with Crippen molar-refractivity contribution in [2.75, 3.05) is 11.4 Å². The van der Waals surface area contributed by atoms with E-state index in [1.165, 1.54) is 19.3 Å². The SMILES string of the molecule is CC[C@H]1CCCCN1c1ccccc1/C(N)=N\O. The van der Waals surface area contributed by atoms with Crippen LogP contribution in [0.4, 0.5) is 5.69 Å². The topological polar surface area (TPSA) is 61.8 Å². The molecule has 1 aromatic carbocycles. The molecule has 1 aliphatic rings. The van der Waals surface area contributed by atoms with E-state index in [4.69, 9.17) is 10.9 Å². The number of para-hydroxylation sites is 1. The number of piperidine rings is 1. The van der Waals surface area contributed by atoms with E-state index in [2.05, 4.69) is 23.0 Å². The van der Waals surface area contributed by atoms with Gasteiger partial charge in [-0.1, -0.05) is 24.2 Å². The molecule has 0 aromatic heterocycles. The molecule has 0 bridgehead atoms. The molecule has 1 saturated heterocycles. The lowest BCUT2D eigenvalue weighted by Gasteiger charge is -2.38. The van der Waals surface area contributed by atoms with Gasteiger partial charge in [-0.25, -0.2) is 0 Å². The van der Waals surface area contributed by atoms with Gasteiger partial charge >= 0.3 is 0 Å². The van der Waals surface area contributed by atoms with E-state index in [0.29, 0.717) is 6.04 Å². The highest BCUT2D eigenvalue weighted by Gasteiger charge is 2.23. The molecule has 98 valence electrons. The van der Waals surface area contributed by atoms with Crippen molar-refractivity contribution < 1.29 is 5.21 Å². The minimum atomic E-state index is 0.186. The van der Waals surface area contributed by atoms with Crippen LogP contribution in [0.3, 0.4) is 0 Å².